The van der Waals surface area contributed by atoms with Gasteiger partial charge in [-0.3, -0.25) is 9.59 Å². The van der Waals surface area contributed by atoms with E-state index in [0.717, 1.165) is 17.4 Å². The Labute approximate surface area is 141 Å². The molecule has 0 unspecified atom stereocenters. The third-order valence-corrected chi connectivity index (χ3v) is 6.36. The van der Waals surface area contributed by atoms with Gasteiger partial charge in [0.15, 0.2) is 0 Å². The lowest BCUT2D eigenvalue weighted by molar-refractivity contribution is -0.132. The number of nitrogens with zero attached hydrogens (tertiary/aromatic N) is 3. The van der Waals surface area contributed by atoms with Crippen molar-refractivity contribution in [3.8, 4) is 0 Å². The van der Waals surface area contributed by atoms with E-state index in [2.05, 4.69) is 4.90 Å². The van der Waals surface area contributed by atoms with Crippen LogP contribution in [-0.2, 0) is 14.8 Å². The van der Waals surface area contributed by atoms with E-state index in [1.165, 1.54) is 12.1 Å². The van der Waals surface area contributed by atoms with Crippen molar-refractivity contribution in [3.05, 3.63) is 29.8 Å². The highest BCUT2D eigenvalue weighted by molar-refractivity contribution is 7.90. The molecule has 0 atom stereocenters. The topological polar surface area (TPSA) is 78.0 Å². The number of carbonyl (C=O) groups excluding carboxylic acids is 2. The number of sulfonamides is 1. The molecule has 24 heavy (non-hydrogen) atoms. The lowest BCUT2D eigenvalue weighted by atomic mass is 10.2. The minimum atomic E-state index is -3.77. The number of piperazine rings is 1. The van der Waals surface area contributed by atoms with Crippen molar-refractivity contribution >= 4 is 21.8 Å². The van der Waals surface area contributed by atoms with Crippen LogP contribution < -0.4 is 0 Å². The number of hydrogen-bond acceptors (Lipinski definition) is 5. The molecule has 130 valence electrons. The lowest BCUT2D eigenvalue weighted by Gasteiger charge is -2.32. The van der Waals surface area contributed by atoms with Crippen molar-refractivity contribution in [2.45, 2.75) is 17.7 Å². The number of benzene rings is 1. The molecule has 1 fully saturated rings. The first kappa shape index (κ1) is 16.9. The van der Waals surface area contributed by atoms with Gasteiger partial charge in [0.25, 0.3) is 15.9 Å². The summed E-state index contributed by atoms with van der Waals surface area (Å²) in [6.45, 7) is 3.12. The second kappa shape index (κ2) is 6.52. The molecule has 0 aliphatic carbocycles. The van der Waals surface area contributed by atoms with Crippen LogP contribution in [0.1, 0.15) is 23.2 Å². The molecule has 1 aromatic rings. The second-order valence-corrected chi connectivity index (χ2v) is 8.00. The third kappa shape index (κ3) is 3.03. The van der Waals surface area contributed by atoms with Crippen molar-refractivity contribution in [1.29, 1.82) is 0 Å². The molecule has 1 aromatic carbocycles. The van der Waals surface area contributed by atoms with Gasteiger partial charge in [0.2, 0.25) is 5.91 Å². The molecule has 8 heteroatoms. The normalized spacial score (nSPS) is 20.3. The lowest BCUT2D eigenvalue weighted by Crippen LogP contribution is -2.47. The first-order valence-corrected chi connectivity index (χ1v) is 9.47. The summed E-state index contributed by atoms with van der Waals surface area (Å²) in [4.78, 5) is 28.5. The molecule has 0 aromatic heterocycles. The number of likely N-dealkylation sites (N-methyl/N-ethyl adjacent to an activating group) is 1. The standard InChI is InChI=1S/C16H21N3O4S/c1-17-9-11-18(12-10-17)15(20)7-4-8-19-16(21)13-5-2-3-6-14(13)24(19,22)23/h2-3,5-6H,4,7-12H2,1H3. The van der Waals surface area contributed by atoms with Crippen LogP contribution in [-0.4, -0.2) is 74.1 Å². The van der Waals surface area contributed by atoms with E-state index in [1.807, 2.05) is 7.05 Å². The zero-order valence-corrected chi connectivity index (χ0v) is 14.5. The number of rotatable bonds is 4. The molecular weight excluding hydrogens is 330 g/mol. The van der Waals surface area contributed by atoms with Crippen molar-refractivity contribution < 1.29 is 18.0 Å². The van der Waals surface area contributed by atoms with E-state index in [-0.39, 0.29) is 29.3 Å². The first-order valence-electron chi connectivity index (χ1n) is 8.03. The van der Waals surface area contributed by atoms with E-state index in [0.29, 0.717) is 19.5 Å². The molecule has 2 aliphatic heterocycles. The summed E-state index contributed by atoms with van der Waals surface area (Å²) in [7, 11) is -1.76. The summed E-state index contributed by atoms with van der Waals surface area (Å²) >= 11 is 0. The molecule has 7 nitrogen and oxygen atoms in total. The monoisotopic (exact) mass is 351 g/mol. The fourth-order valence-corrected chi connectivity index (χ4v) is 4.65. The minimum Gasteiger partial charge on any atom is -0.340 e. The fraction of sp³-hybridized carbons (Fsp3) is 0.500. The van der Waals surface area contributed by atoms with Crippen LogP contribution in [0.2, 0.25) is 0 Å². The number of fused-ring (bicyclic) bond motifs is 1. The molecule has 0 spiro atoms. The first-order chi connectivity index (χ1) is 11.4. The van der Waals surface area contributed by atoms with Crippen molar-refractivity contribution in [2.75, 3.05) is 39.8 Å². The highest BCUT2D eigenvalue weighted by Gasteiger charge is 2.40. The average molecular weight is 351 g/mol. The van der Waals surface area contributed by atoms with Crippen molar-refractivity contribution in [3.63, 3.8) is 0 Å². The van der Waals surface area contributed by atoms with E-state index in [9.17, 15) is 18.0 Å². The van der Waals surface area contributed by atoms with Gasteiger partial charge >= 0.3 is 0 Å². The fourth-order valence-electron chi connectivity index (χ4n) is 3.04. The Hall–Kier alpha value is -1.93. The SMILES string of the molecule is CN1CCN(C(=O)CCCN2C(=O)c3ccccc3S2(=O)=O)CC1. The van der Waals surface area contributed by atoms with Gasteiger partial charge in [-0.15, -0.1) is 0 Å². The van der Waals surface area contributed by atoms with Gasteiger partial charge in [-0.25, -0.2) is 12.7 Å². The molecule has 0 radical (unpaired) electrons. The largest absolute Gasteiger partial charge is 0.340 e. The Morgan fingerprint density at radius 1 is 1.12 bits per heavy atom. The summed E-state index contributed by atoms with van der Waals surface area (Å²) in [5.74, 6) is -0.484. The molecule has 2 heterocycles. The van der Waals surface area contributed by atoms with E-state index >= 15 is 0 Å². The smallest absolute Gasteiger partial charge is 0.269 e. The molecule has 3 rings (SSSR count). The zero-order chi connectivity index (χ0) is 17.3. The van der Waals surface area contributed by atoms with Crippen LogP contribution in [0.4, 0.5) is 0 Å². The molecule has 2 aliphatic rings. The van der Waals surface area contributed by atoms with Crippen LogP contribution in [0.3, 0.4) is 0 Å². The van der Waals surface area contributed by atoms with Crippen LogP contribution in [0, 0.1) is 0 Å². The van der Waals surface area contributed by atoms with Gasteiger partial charge in [-0.05, 0) is 25.6 Å². The van der Waals surface area contributed by atoms with Crippen molar-refractivity contribution in [2.24, 2.45) is 0 Å². The molecule has 1 saturated heterocycles. The highest BCUT2D eigenvalue weighted by Crippen LogP contribution is 2.30. The van der Waals surface area contributed by atoms with Gasteiger partial charge in [0.05, 0.1) is 5.56 Å². The van der Waals surface area contributed by atoms with Gasteiger partial charge < -0.3 is 9.80 Å². The van der Waals surface area contributed by atoms with Gasteiger partial charge in [-0.2, -0.15) is 0 Å². The Morgan fingerprint density at radius 2 is 1.79 bits per heavy atom. The van der Waals surface area contributed by atoms with E-state index in [4.69, 9.17) is 0 Å². The number of carbonyl (C=O) groups is 2. The predicted octanol–water partition coefficient (Wildman–Crippen LogP) is 0.385. The van der Waals surface area contributed by atoms with E-state index < -0.39 is 15.9 Å². The maximum atomic E-state index is 12.4. The Morgan fingerprint density at radius 3 is 2.46 bits per heavy atom. The zero-order valence-electron chi connectivity index (χ0n) is 13.6. The summed E-state index contributed by atoms with van der Waals surface area (Å²) in [6.07, 6.45) is 0.587. The molecule has 0 saturated carbocycles. The minimum absolute atomic E-state index is 0.0182. The summed E-state index contributed by atoms with van der Waals surface area (Å²) in [5.41, 5.74) is 0.211. The van der Waals surface area contributed by atoms with Gasteiger partial charge in [0.1, 0.15) is 4.90 Å². The Balaban J connectivity index is 1.58. The molecule has 0 bridgehead atoms. The number of hydrogen-bond donors (Lipinski definition) is 0. The summed E-state index contributed by atoms with van der Waals surface area (Å²) in [5, 5.41) is 0. The average Bonchev–Trinajstić information content (AvgIpc) is 2.76. The molecular formula is C16H21N3O4S. The maximum Gasteiger partial charge on any atom is 0.269 e. The quantitative estimate of drug-likeness (QED) is 0.784. The van der Waals surface area contributed by atoms with Crippen molar-refractivity contribution in [1.82, 2.24) is 14.1 Å². The number of amides is 2. The molecule has 0 N–H and O–H groups in total. The highest BCUT2D eigenvalue weighted by atomic mass is 32.2. The van der Waals surface area contributed by atoms with Crippen LogP contribution in [0.15, 0.2) is 29.2 Å². The second-order valence-electron chi connectivity index (χ2n) is 6.17. The molecule has 2 amide bonds. The Kier molecular flexibility index (Phi) is 4.60. The summed E-state index contributed by atoms with van der Waals surface area (Å²) < 4.78 is 25.7. The van der Waals surface area contributed by atoms with Crippen LogP contribution in [0.5, 0.6) is 0 Å². The van der Waals surface area contributed by atoms with E-state index in [1.54, 1.807) is 17.0 Å². The van der Waals surface area contributed by atoms with Crippen LogP contribution >= 0.6 is 0 Å². The maximum absolute atomic E-state index is 12.4. The summed E-state index contributed by atoms with van der Waals surface area (Å²) in [6, 6.07) is 6.21. The third-order valence-electron chi connectivity index (χ3n) is 4.52. The predicted molar refractivity (Wildman–Crippen MR) is 88.0 cm³/mol. The van der Waals surface area contributed by atoms with Gasteiger partial charge in [-0.1, -0.05) is 12.1 Å². The van der Waals surface area contributed by atoms with Crippen LogP contribution in [0.25, 0.3) is 0 Å². The van der Waals surface area contributed by atoms with Gasteiger partial charge in [0, 0.05) is 39.1 Å². The Bertz CT molecular complexity index is 754.